The van der Waals surface area contributed by atoms with E-state index in [0.29, 0.717) is 36.4 Å². The van der Waals surface area contributed by atoms with E-state index in [1.807, 2.05) is 38.1 Å². The van der Waals surface area contributed by atoms with Crippen LogP contribution in [0, 0.1) is 6.92 Å². The Bertz CT molecular complexity index is 1030. The zero-order chi connectivity index (χ0) is 23.4. The van der Waals surface area contributed by atoms with Crippen LogP contribution in [-0.2, 0) is 22.6 Å². The quantitative estimate of drug-likeness (QED) is 0.751. The van der Waals surface area contributed by atoms with Crippen LogP contribution in [0.4, 0.5) is 5.69 Å². The Morgan fingerprint density at radius 1 is 1.12 bits per heavy atom. The highest BCUT2D eigenvalue weighted by Gasteiger charge is 2.36. The Labute approximate surface area is 189 Å². The number of carbonyl (C=O) groups is 3. The van der Waals surface area contributed by atoms with Crippen LogP contribution in [0.25, 0.3) is 0 Å². The number of carbonyl (C=O) groups excluding carboxylic acids is 3. The fourth-order valence-corrected chi connectivity index (χ4v) is 4.00. The van der Waals surface area contributed by atoms with Gasteiger partial charge in [-0.3, -0.25) is 14.4 Å². The number of anilines is 1. The standard InChI is InChI=1S/C25H31N3O4/c1-6-7-23(29)26-19-9-8-17-14-22(25(31)27(3)4)28(15-18(17)13-19)24(30)21-11-10-20(32-5)12-16(21)2/h8-13,22H,6-7,14-15H2,1-5H3,(H,26,29)/t22-/m1/s1. The molecule has 170 valence electrons. The smallest absolute Gasteiger partial charge is 0.255 e. The second-order valence-corrected chi connectivity index (χ2v) is 8.35. The molecular formula is C25H31N3O4. The van der Waals surface area contributed by atoms with Crippen LogP contribution < -0.4 is 10.1 Å². The molecular weight excluding hydrogens is 406 g/mol. The number of fused-ring (bicyclic) bond motifs is 1. The maximum Gasteiger partial charge on any atom is 0.255 e. The van der Waals surface area contributed by atoms with E-state index in [2.05, 4.69) is 5.32 Å². The molecule has 1 aliphatic heterocycles. The fourth-order valence-electron chi connectivity index (χ4n) is 4.00. The summed E-state index contributed by atoms with van der Waals surface area (Å²) in [6.45, 7) is 4.11. The van der Waals surface area contributed by atoms with E-state index < -0.39 is 6.04 Å². The number of hydrogen-bond donors (Lipinski definition) is 1. The summed E-state index contributed by atoms with van der Waals surface area (Å²) in [5.41, 5.74) is 3.97. The second-order valence-electron chi connectivity index (χ2n) is 8.35. The van der Waals surface area contributed by atoms with Crippen molar-refractivity contribution in [2.75, 3.05) is 26.5 Å². The van der Waals surface area contributed by atoms with Gasteiger partial charge >= 0.3 is 0 Å². The molecule has 2 aromatic carbocycles. The third-order valence-electron chi connectivity index (χ3n) is 5.75. The average molecular weight is 438 g/mol. The first-order chi connectivity index (χ1) is 15.2. The van der Waals surface area contributed by atoms with Crippen molar-refractivity contribution in [3.8, 4) is 5.75 Å². The zero-order valence-electron chi connectivity index (χ0n) is 19.4. The highest BCUT2D eigenvalue weighted by Crippen LogP contribution is 2.29. The van der Waals surface area contributed by atoms with Gasteiger partial charge in [0.2, 0.25) is 11.8 Å². The Kier molecular flexibility index (Phi) is 7.18. The van der Waals surface area contributed by atoms with Crippen molar-refractivity contribution in [3.63, 3.8) is 0 Å². The van der Waals surface area contributed by atoms with E-state index in [4.69, 9.17) is 4.74 Å². The largest absolute Gasteiger partial charge is 0.497 e. The first-order valence-electron chi connectivity index (χ1n) is 10.8. The molecule has 0 fully saturated rings. The molecule has 7 heteroatoms. The summed E-state index contributed by atoms with van der Waals surface area (Å²) in [4.78, 5) is 41.7. The SMILES string of the molecule is CCCC(=O)Nc1ccc2c(c1)CN(C(=O)c1ccc(OC)cc1C)[C@@H](C(=O)N(C)C)C2. The molecule has 32 heavy (non-hydrogen) atoms. The maximum absolute atomic E-state index is 13.6. The summed E-state index contributed by atoms with van der Waals surface area (Å²) >= 11 is 0. The lowest BCUT2D eigenvalue weighted by Gasteiger charge is -2.37. The summed E-state index contributed by atoms with van der Waals surface area (Å²) in [7, 11) is 4.98. The van der Waals surface area contributed by atoms with Crippen molar-refractivity contribution < 1.29 is 19.1 Å². The topological polar surface area (TPSA) is 79.0 Å². The average Bonchev–Trinajstić information content (AvgIpc) is 2.77. The van der Waals surface area contributed by atoms with Crippen molar-refractivity contribution >= 4 is 23.4 Å². The normalized spacial score (nSPS) is 15.0. The molecule has 0 aromatic heterocycles. The molecule has 0 spiro atoms. The van der Waals surface area contributed by atoms with E-state index in [0.717, 1.165) is 23.1 Å². The predicted molar refractivity (Wildman–Crippen MR) is 124 cm³/mol. The predicted octanol–water partition coefficient (Wildman–Crippen LogP) is 3.40. The van der Waals surface area contributed by atoms with Crippen molar-refractivity contribution in [2.45, 2.75) is 45.7 Å². The van der Waals surface area contributed by atoms with E-state index in [1.165, 1.54) is 4.90 Å². The Morgan fingerprint density at radius 3 is 2.50 bits per heavy atom. The van der Waals surface area contributed by atoms with Crippen LogP contribution in [0.15, 0.2) is 36.4 Å². The van der Waals surface area contributed by atoms with Crippen molar-refractivity contribution in [2.24, 2.45) is 0 Å². The van der Waals surface area contributed by atoms with E-state index in [1.54, 1.807) is 38.2 Å². The van der Waals surface area contributed by atoms with Gasteiger partial charge in [0.05, 0.1) is 7.11 Å². The molecule has 0 aliphatic carbocycles. The van der Waals surface area contributed by atoms with Gasteiger partial charge in [0.1, 0.15) is 11.8 Å². The third kappa shape index (κ3) is 4.93. The summed E-state index contributed by atoms with van der Waals surface area (Å²) in [5, 5.41) is 2.91. The first kappa shape index (κ1) is 23.3. The molecule has 1 heterocycles. The molecule has 0 unspecified atom stereocenters. The van der Waals surface area contributed by atoms with Crippen LogP contribution in [0.2, 0.25) is 0 Å². The molecule has 0 bridgehead atoms. The van der Waals surface area contributed by atoms with Crippen molar-refractivity contribution in [1.29, 1.82) is 0 Å². The van der Waals surface area contributed by atoms with Gasteiger partial charge in [0.15, 0.2) is 0 Å². The monoisotopic (exact) mass is 437 g/mol. The van der Waals surface area contributed by atoms with E-state index >= 15 is 0 Å². The number of ether oxygens (including phenoxy) is 1. The lowest BCUT2D eigenvalue weighted by atomic mass is 9.91. The number of rotatable bonds is 6. The van der Waals surface area contributed by atoms with Gasteiger partial charge < -0.3 is 19.9 Å². The number of amides is 3. The summed E-state index contributed by atoms with van der Waals surface area (Å²) in [6, 6.07) is 10.4. The second kappa shape index (κ2) is 9.85. The first-order valence-corrected chi connectivity index (χ1v) is 10.8. The maximum atomic E-state index is 13.6. The van der Waals surface area contributed by atoms with Gasteiger partial charge in [-0.05, 0) is 60.4 Å². The molecule has 3 amide bonds. The van der Waals surface area contributed by atoms with Gasteiger partial charge in [-0.25, -0.2) is 0 Å². The molecule has 0 radical (unpaired) electrons. The van der Waals surface area contributed by atoms with Gasteiger partial charge in [-0.15, -0.1) is 0 Å². The zero-order valence-corrected chi connectivity index (χ0v) is 19.4. The number of hydrogen-bond acceptors (Lipinski definition) is 4. The Morgan fingerprint density at radius 2 is 1.88 bits per heavy atom. The molecule has 2 aromatic rings. The number of nitrogens with one attached hydrogen (secondary N) is 1. The molecule has 0 saturated heterocycles. The fraction of sp³-hybridized carbons (Fsp3) is 0.400. The third-order valence-corrected chi connectivity index (χ3v) is 5.75. The molecule has 1 N–H and O–H groups in total. The van der Waals surface area contributed by atoms with Gasteiger partial charge in [-0.1, -0.05) is 13.0 Å². The number of likely N-dealkylation sites (N-methyl/N-ethyl adjacent to an activating group) is 1. The lowest BCUT2D eigenvalue weighted by molar-refractivity contribution is -0.134. The molecule has 7 nitrogen and oxygen atoms in total. The molecule has 0 saturated carbocycles. The molecule has 1 aliphatic rings. The van der Waals surface area contributed by atoms with Crippen LogP contribution in [0.3, 0.4) is 0 Å². The Hall–Kier alpha value is -3.35. The van der Waals surface area contributed by atoms with Crippen LogP contribution >= 0.6 is 0 Å². The van der Waals surface area contributed by atoms with Crippen LogP contribution in [-0.4, -0.2) is 54.8 Å². The van der Waals surface area contributed by atoms with Gasteiger partial charge in [-0.2, -0.15) is 0 Å². The minimum absolute atomic E-state index is 0.0364. The highest BCUT2D eigenvalue weighted by atomic mass is 16.5. The molecule has 1 atom stereocenters. The minimum Gasteiger partial charge on any atom is -0.497 e. The summed E-state index contributed by atoms with van der Waals surface area (Å²) in [5.74, 6) is 0.328. The number of benzene rings is 2. The van der Waals surface area contributed by atoms with Crippen LogP contribution in [0.1, 0.15) is 46.8 Å². The summed E-state index contributed by atoms with van der Waals surface area (Å²) < 4.78 is 5.25. The highest BCUT2D eigenvalue weighted by molar-refractivity contribution is 5.99. The van der Waals surface area contributed by atoms with Crippen LogP contribution in [0.5, 0.6) is 5.75 Å². The Balaban J connectivity index is 1.96. The number of methoxy groups -OCH3 is 1. The van der Waals surface area contributed by atoms with Gasteiger partial charge in [0, 0.05) is 44.7 Å². The summed E-state index contributed by atoms with van der Waals surface area (Å²) in [6.07, 6.45) is 1.66. The molecule has 3 rings (SSSR count). The number of nitrogens with zero attached hydrogens (tertiary/aromatic N) is 2. The van der Waals surface area contributed by atoms with Crippen molar-refractivity contribution in [1.82, 2.24) is 9.80 Å². The van der Waals surface area contributed by atoms with E-state index in [9.17, 15) is 14.4 Å². The minimum atomic E-state index is -0.591. The van der Waals surface area contributed by atoms with E-state index in [-0.39, 0.29) is 17.7 Å². The lowest BCUT2D eigenvalue weighted by Crippen LogP contribution is -2.52. The van der Waals surface area contributed by atoms with Crippen molar-refractivity contribution in [3.05, 3.63) is 58.7 Å². The number of aryl methyl sites for hydroxylation is 1. The van der Waals surface area contributed by atoms with Gasteiger partial charge in [0.25, 0.3) is 5.91 Å².